The monoisotopic (exact) mass is 388 g/mol. The van der Waals surface area contributed by atoms with Crippen LogP contribution in [0.5, 0.6) is 11.5 Å². The molecular weight excluding hydrogens is 368 g/mol. The summed E-state index contributed by atoms with van der Waals surface area (Å²) in [6, 6.07) is 6.86. The molecule has 2 N–H and O–H groups in total. The lowest BCUT2D eigenvalue weighted by molar-refractivity contribution is -0.140. The molecule has 148 valence electrons. The summed E-state index contributed by atoms with van der Waals surface area (Å²) in [5.74, 6) is -1.74. The largest absolute Gasteiger partial charge is 0.493 e. The van der Waals surface area contributed by atoms with E-state index in [0.29, 0.717) is 17.1 Å². The standard InChI is InChI=1S/C19H20N2O7/c1-24-12-6-5-10(7-13(12)25-2)16-11(9-20)18(21)28-14(8-15(22)26-3)17(16)19(23)27-4/h5-7,16H,8,21H2,1-4H3. The van der Waals surface area contributed by atoms with Crippen LogP contribution in [0.4, 0.5) is 0 Å². The van der Waals surface area contributed by atoms with Crippen molar-refractivity contribution in [2.75, 3.05) is 28.4 Å². The Bertz CT molecular complexity index is 896. The number of methoxy groups -OCH3 is 4. The molecule has 0 radical (unpaired) electrons. The van der Waals surface area contributed by atoms with Crippen LogP contribution in [0.3, 0.4) is 0 Å². The van der Waals surface area contributed by atoms with Crippen LogP contribution in [-0.2, 0) is 23.8 Å². The van der Waals surface area contributed by atoms with E-state index in [1.54, 1.807) is 18.2 Å². The molecule has 0 amide bonds. The van der Waals surface area contributed by atoms with Crippen molar-refractivity contribution < 1.29 is 33.3 Å². The lowest BCUT2D eigenvalue weighted by atomic mass is 9.82. The summed E-state index contributed by atoms with van der Waals surface area (Å²) in [5.41, 5.74) is 6.38. The number of nitrogens with two attached hydrogens (primary N) is 1. The number of nitriles is 1. The molecular formula is C19H20N2O7. The zero-order chi connectivity index (χ0) is 20.8. The molecule has 0 aromatic heterocycles. The Hall–Kier alpha value is -3.67. The zero-order valence-electron chi connectivity index (χ0n) is 15.9. The lowest BCUT2D eigenvalue weighted by Gasteiger charge is -2.28. The van der Waals surface area contributed by atoms with Crippen molar-refractivity contribution in [1.82, 2.24) is 0 Å². The third-order valence-corrected chi connectivity index (χ3v) is 4.18. The van der Waals surface area contributed by atoms with Gasteiger partial charge in [-0.05, 0) is 17.7 Å². The van der Waals surface area contributed by atoms with E-state index >= 15 is 0 Å². The predicted octanol–water partition coefficient (Wildman–Crippen LogP) is 1.50. The van der Waals surface area contributed by atoms with Gasteiger partial charge in [0.25, 0.3) is 0 Å². The molecule has 9 nitrogen and oxygen atoms in total. The van der Waals surface area contributed by atoms with E-state index in [-0.39, 0.29) is 29.2 Å². The van der Waals surface area contributed by atoms with Crippen LogP contribution in [0, 0.1) is 11.3 Å². The molecule has 2 rings (SSSR count). The molecule has 1 heterocycles. The van der Waals surface area contributed by atoms with Crippen LogP contribution in [0.25, 0.3) is 0 Å². The lowest BCUT2D eigenvalue weighted by Crippen LogP contribution is -2.27. The molecule has 0 spiro atoms. The van der Waals surface area contributed by atoms with Gasteiger partial charge in [-0.1, -0.05) is 6.07 Å². The first-order chi connectivity index (χ1) is 13.4. The zero-order valence-corrected chi connectivity index (χ0v) is 15.9. The highest BCUT2D eigenvalue weighted by Crippen LogP contribution is 2.42. The molecule has 1 unspecified atom stereocenters. The molecule has 1 aromatic rings. The first kappa shape index (κ1) is 20.6. The van der Waals surface area contributed by atoms with E-state index in [2.05, 4.69) is 4.74 Å². The summed E-state index contributed by atoms with van der Waals surface area (Å²) in [5, 5.41) is 9.62. The van der Waals surface area contributed by atoms with Crippen molar-refractivity contribution in [2.24, 2.45) is 5.73 Å². The Morgan fingerprint density at radius 2 is 1.82 bits per heavy atom. The maximum atomic E-state index is 12.5. The number of carbonyl (C=O) groups is 2. The van der Waals surface area contributed by atoms with Crippen molar-refractivity contribution in [3.05, 3.63) is 46.6 Å². The van der Waals surface area contributed by atoms with Gasteiger partial charge < -0.3 is 29.4 Å². The topological polar surface area (TPSA) is 130 Å². The van der Waals surface area contributed by atoms with Crippen molar-refractivity contribution >= 4 is 11.9 Å². The molecule has 0 saturated carbocycles. The summed E-state index contributed by atoms with van der Waals surface area (Å²) in [6.07, 6.45) is -0.357. The normalized spacial score (nSPS) is 16.0. The van der Waals surface area contributed by atoms with Crippen molar-refractivity contribution in [3.8, 4) is 17.6 Å². The van der Waals surface area contributed by atoms with Gasteiger partial charge in [-0.3, -0.25) is 4.79 Å². The quantitative estimate of drug-likeness (QED) is 0.720. The van der Waals surface area contributed by atoms with Gasteiger partial charge in [0.05, 0.1) is 39.9 Å². The summed E-state index contributed by atoms with van der Waals surface area (Å²) in [6.45, 7) is 0. The van der Waals surface area contributed by atoms with Gasteiger partial charge in [0.2, 0.25) is 5.88 Å². The summed E-state index contributed by atoms with van der Waals surface area (Å²) < 4.78 is 25.4. The van der Waals surface area contributed by atoms with E-state index in [9.17, 15) is 14.9 Å². The number of hydrogen-bond acceptors (Lipinski definition) is 9. The van der Waals surface area contributed by atoms with Gasteiger partial charge in [-0.25, -0.2) is 4.79 Å². The highest BCUT2D eigenvalue weighted by atomic mass is 16.5. The van der Waals surface area contributed by atoms with E-state index in [1.165, 1.54) is 28.4 Å². The number of ether oxygens (including phenoxy) is 5. The minimum absolute atomic E-state index is 0.00114. The molecule has 28 heavy (non-hydrogen) atoms. The third kappa shape index (κ3) is 3.86. The van der Waals surface area contributed by atoms with E-state index in [4.69, 9.17) is 24.7 Å². The maximum Gasteiger partial charge on any atom is 0.338 e. The van der Waals surface area contributed by atoms with E-state index in [0.717, 1.165) is 0 Å². The fourth-order valence-electron chi connectivity index (χ4n) is 2.85. The van der Waals surface area contributed by atoms with E-state index < -0.39 is 17.9 Å². The van der Waals surface area contributed by atoms with Gasteiger partial charge in [-0.15, -0.1) is 0 Å². The van der Waals surface area contributed by atoms with Crippen LogP contribution in [0.15, 0.2) is 41.0 Å². The second-order valence-corrected chi connectivity index (χ2v) is 5.62. The van der Waals surface area contributed by atoms with Gasteiger partial charge in [-0.2, -0.15) is 5.26 Å². The van der Waals surface area contributed by atoms with Crippen LogP contribution in [0.2, 0.25) is 0 Å². The predicted molar refractivity (Wildman–Crippen MR) is 95.9 cm³/mol. The van der Waals surface area contributed by atoms with Crippen LogP contribution in [-0.4, -0.2) is 40.4 Å². The Labute approximate surface area is 161 Å². The van der Waals surface area contributed by atoms with Gasteiger partial charge in [0.1, 0.15) is 23.8 Å². The Kier molecular flexibility index (Phi) is 6.50. The molecule has 1 aliphatic rings. The molecule has 0 fully saturated rings. The first-order valence-electron chi connectivity index (χ1n) is 8.09. The number of esters is 2. The number of benzene rings is 1. The minimum atomic E-state index is -0.925. The second kappa shape index (κ2) is 8.81. The fourth-order valence-corrected chi connectivity index (χ4v) is 2.85. The van der Waals surface area contributed by atoms with Crippen LogP contribution < -0.4 is 15.2 Å². The molecule has 9 heteroatoms. The molecule has 1 aromatic carbocycles. The fraction of sp³-hybridized carbons (Fsp3) is 0.316. The average molecular weight is 388 g/mol. The first-order valence-corrected chi connectivity index (χ1v) is 8.09. The number of hydrogen-bond donors (Lipinski definition) is 1. The van der Waals surface area contributed by atoms with Crippen LogP contribution in [0.1, 0.15) is 17.9 Å². The minimum Gasteiger partial charge on any atom is -0.493 e. The smallest absolute Gasteiger partial charge is 0.338 e. The molecule has 1 aliphatic heterocycles. The molecule has 0 saturated heterocycles. The van der Waals surface area contributed by atoms with Gasteiger partial charge in [0, 0.05) is 0 Å². The van der Waals surface area contributed by atoms with Crippen molar-refractivity contribution in [1.29, 1.82) is 5.26 Å². The third-order valence-electron chi connectivity index (χ3n) is 4.18. The number of nitrogens with zero attached hydrogens (tertiary/aromatic N) is 1. The van der Waals surface area contributed by atoms with Crippen molar-refractivity contribution in [2.45, 2.75) is 12.3 Å². The summed E-state index contributed by atoms with van der Waals surface area (Å²) in [7, 11) is 5.33. The highest BCUT2D eigenvalue weighted by molar-refractivity contribution is 5.93. The highest BCUT2D eigenvalue weighted by Gasteiger charge is 2.38. The van der Waals surface area contributed by atoms with Gasteiger partial charge in [0.15, 0.2) is 11.5 Å². The number of allylic oxidation sites excluding steroid dienone is 1. The van der Waals surface area contributed by atoms with Gasteiger partial charge >= 0.3 is 11.9 Å². The molecule has 0 bridgehead atoms. The second-order valence-electron chi connectivity index (χ2n) is 5.62. The van der Waals surface area contributed by atoms with Crippen LogP contribution >= 0.6 is 0 Å². The maximum absolute atomic E-state index is 12.5. The summed E-state index contributed by atoms with van der Waals surface area (Å²) in [4.78, 5) is 24.3. The van der Waals surface area contributed by atoms with E-state index in [1.807, 2.05) is 6.07 Å². The summed E-state index contributed by atoms with van der Waals surface area (Å²) >= 11 is 0. The Morgan fingerprint density at radius 1 is 1.14 bits per heavy atom. The molecule has 0 aliphatic carbocycles. The number of carbonyl (C=O) groups excluding carboxylic acids is 2. The SMILES string of the molecule is COC(=O)CC1=C(C(=O)OC)C(c2ccc(OC)c(OC)c2)C(C#N)=C(N)O1. The Morgan fingerprint density at radius 3 is 2.36 bits per heavy atom. The Balaban J connectivity index is 2.72. The number of rotatable bonds is 6. The van der Waals surface area contributed by atoms with Crippen molar-refractivity contribution in [3.63, 3.8) is 0 Å². The molecule has 1 atom stereocenters. The average Bonchev–Trinajstić information content (AvgIpc) is 2.71.